The molecule has 0 radical (unpaired) electrons. The van der Waals surface area contributed by atoms with Crippen LogP contribution in [0.2, 0.25) is 5.02 Å². The predicted molar refractivity (Wildman–Crippen MR) is 103 cm³/mol. The normalized spacial score (nSPS) is 10.9. The van der Waals surface area contributed by atoms with Crippen LogP contribution in [0.5, 0.6) is 0 Å². The third-order valence-electron chi connectivity index (χ3n) is 3.61. The maximum absolute atomic E-state index is 12.4. The summed E-state index contributed by atoms with van der Waals surface area (Å²) in [5, 5.41) is 6.77. The number of fused-ring (bicyclic) bond motifs is 1. The van der Waals surface area contributed by atoms with Gasteiger partial charge in [-0.05, 0) is 42.8 Å². The number of carbonyl (C=O) groups excluding carboxylic acids is 2. The van der Waals surface area contributed by atoms with Gasteiger partial charge in [0.25, 0.3) is 0 Å². The highest BCUT2D eigenvalue weighted by Crippen LogP contribution is 2.16. The second kappa shape index (κ2) is 7.84. The molecule has 0 spiro atoms. The van der Waals surface area contributed by atoms with Gasteiger partial charge in [-0.15, -0.1) is 0 Å². The Hall–Kier alpha value is -3.45. The van der Waals surface area contributed by atoms with Crippen LogP contribution >= 0.6 is 11.6 Å². The predicted octanol–water partition coefficient (Wildman–Crippen LogP) is 2.84. The lowest BCUT2D eigenvalue weighted by Crippen LogP contribution is -2.32. The Labute approximate surface area is 158 Å². The van der Waals surface area contributed by atoms with E-state index in [0.29, 0.717) is 16.3 Å². The molecule has 0 saturated heterocycles. The lowest BCUT2D eigenvalue weighted by molar-refractivity contribution is -0.136. The summed E-state index contributed by atoms with van der Waals surface area (Å²) in [4.78, 5) is 36.0. The Morgan fingerprint density at radius 3 is 2.74 bits per heavy atom. The van der Waals surface area contributed by atoms with Crippen molar-refractivity contribution in [2.45, 2.75) is 6.92 Å². The molecule has 3 rings (SSSR count). The van der Waals surface area contributed by atoms with E-state index in [1.807, 2.05) is 13.0 Å². The molecular formula is C19H14ClN3O4. The van der Waals surface area contributed by atoms with E-state index in [9.17, 15) is 14.4 Å². The van der Waals surface area contributed by atoms with Crippen LogP contribution < -0.4 is 16.2 Å². The molecule has 27 heavy (non-hydrogen) atoms. The van der Waals surface area contributed by atoms with Crippen LogP contribution in [0.3, 0.4) is 0 Å². The molecule has 0 aliphatic heterocycles. The summed E-state index contributed by atoms with van der Waals surface area (Å²) in [5.41, 5.74) is 3.61. The van der Waals surface area contributed by atoms with E-state index in [-0.39, 0.29) is 16.4 Å². The van der Waals surface area contributed by atoms with Crippen LogP contribution in [0.25, 0.3) is 11.0 Å². The molecule has 2 N–H and O–H groups in total. The van der Waals surface area contributed by atoms with Gasteiger partial charge < -0.3 is 9.73 Å². The number of nitrogens with zero attached hydrogens (tertiary/aromatic N) is 1. The van der Waals surface area contributed by atoms with E-state index in [1.54, 1.807) is 30.3 Å². The van der Waals surface area contributed by atoms with Gasteiger partial charge in [0, 0.05) is 10.7 Å². The number of hydrogen-bond acceptors (Lipinski definition) is 5. The van der Waals surface area contributed by atoms with Crippen molar-refractivity contribution in [3.63, 3.8) is 0 Å². The van der Waals surface area contributed by atoms with E-state index in [1.165, 1.54) is 12.3 Å². The summed E-state index contributed by atoms with van der Waals surface area (Å²) >= 11 is 5.88. The van der Waals surface area contributed by atoms with Crippen molar-refractivity contribution in [2.24, 2.45) is 5.10 Å². The fourth-order valence-electron chi connectivity index (χ4n) is 2.33. The molecule has 0 fully saturated rings. The largest absolute Gasteiger partial charge is 0.463 e. The highest BCUT2D eigenvalue weighted by molar-refractivity contribution is 6.39. The van der Waals surface area contributed by atoms with Gasteiger partial charge >= 0.3 is 11.8 Å². The maximum atomic E-state index is 12.4. The molecule has 0 unspecified atom stereocenters. The van der Waals surface area contributed by atoms with Crippen LogP contribution in [-0.4, -0.2) is 18.0 Å². The molecule has 0 atom stereocenters. The topological polar surface area (TPSA) is 101 Å². The molecule has 2 aromatic carbocycles. The number of halogens is 1. The standard InChI is InChI=1S/C19H14ClN3O4/c1-11-3-2-4-14(7-11)22-18(25)19(26)23-21-9-12-10-27-16-6-5-13(20)8-15(16)17(12)24/h2-10H,1H3,(H,22,25)(H,23,26). The summed E-state index contributed by atoms with van der Waals surface area (Å²) < 4.78 is 5.33. The number of anilines is 1. The minimum absolute atomic E-state index is 0.101. The third kappa shape index (κ3) is 4.39. The quantitative estimate of drug-likeness (QED) is 0.412. The van der Waals surface area contributed by atoms with Crippen LogP contribution in [0.1, 0.15) is 11.1 Å². The average molecular weight is 384 g/mol. The summed E-state index contributed by atoms with van der Waals surface area (Å²) in [6.45, 7) is 1.86. The molecule has 7 nitrogen and oxygen atoms in total. The third-order valence-corrected chi connectivity index (χ3v) is 3.85. The molecular weight excluding hydrogens is 370 g/mol. The minimum Gasteiger partial charge on any atom is -0.463 e. The molecule has 8 heteroatoms. The smallest absolute Gasteiger partial charge is 0.329 e. The fourth-order valence-corrected chi connectivity index (χ4v) is 2.50. The monoisotopic (exact) mass is 383 g/mol. The molecule has 0 saturated carbocycles. The number of benzene rings is 2. The zero-order valence-corrected chi connectivity index (χ0v) is 14.9. The first-order valence-electron chi connectivity index (χ1n) is 7.86. The van der Waals surface area contributed by atoms with Crippen molar-refractivity contribution in [3.05, 3.63) is 75.1 Å². The number of nitrogens with one attached hydrogen (secondary N) is 2. The average Bonchev–Trinajstić information content (AvgIpc) is 2.64. The molecule has 0 aliphatic carbocycles. The SMILES string of the molecule is Cc1cccc(NC(=O)C(=O)NN=Cc2coc3ccc(Cl)cc3c2=O)c1. The summed E-state index contributed by atoms with van der Waals surface area (Å²) in [7, 11) is 0. The number of hydrogen-bond donors (Lipinski definition) is 2. The lowest BCUT2D eigenvalue weighted by Gasteiger charge is -2.04. The number of amides is 2. The van der Waals surface area contributed by atoms with Gasteiger partial charge in [-0.1, -0.05) is 23.7 Å². The Morgan fingerprint density at radius 2 is 1.96 bits per heavy atom. The zero-order valence-electron chi connectivity index (χ0n) is 14.2. The highest BCUT2D eigenvalue weighted by atomic mass is 35.5. The highest BCUT2D eigenvalue weighted by Gasteiger charge is 2.13. The van der Waals surface area contributed by atoms with E-state index < -0.39 is 11.8 Å². The lowest BCUT2D eigenvalue weighted by atomic mass is 10.2. The van der Waals surface area contributed by atoms with Crippen molar-refractivity contribution in [1.82, 2.24) is 5.43 Å². The van der Waals surface area contributed by atoms with Gasteiger partial charge in [-0.3, -0.25) is 14.4 Å². The number of aryl methyl sites for hydroxylation is 1. The Kier molecular flexibility index (Phi) is 5.33. The molecule has 2 amide bonds. The second-order valence-corrected chi connectivity index (χ2v) is 6.12. The number of carbonyl (C=O) groups is 2. The molecule has 0 aliphatic rings. The van der Waals surface area contributed by atoms with E-state index in [0.717, 1.165) is 11.8 Å². The Morgan fingerprint density at radius 1 is 1.15 bits per heavy atom. The first-order valence-corrected chi connectivity index (χ1v) is 8.24. The second-order valence-electron chi connectivity index (χ2n) is 5.68. The molecule has 1 heterocycles. The molecule has 3 aromatic rings. The number of rotatable bonds is 3. The van der Waals surface area contributed by atoms with Crippen LogP contribution in [0, 0.1) is 6.92 Å². The van der Waals surface area contributed by atoms with Crippen molar-refractivity contribution >= 4 is 46.3 Å². The molecule has 0 bridgehead atoms. The van der Waals surface area contributed by atoms with Gasteiger partial charge in [-0.25, -0.2) is 5.43 Å². The van der Waals surface area contributed by atoms with E-state index in [4.69, 9.17) is 16.0 Å². The Balaban J connectivity index is 1.69. The van der Waals surface area contributed by atoms with Crippen molar-refractivity contribution in [2.75, 3.05) is 5.32 Å². The Bertz CT molecular complexity index is 1120. The molecule has 1 aromatic heterocycles. The van der Waals surface area contributed by atoms with Gasteiger partial charge in [-0.2, -0.15) is 5.10 Å². The summed E-state index contributed by atoms with van der Waals surface area (Å²) in [6.07, 6.45) is 2.31. The van der Waals surface area contributed by atoms with Crippen molar-refractivity contribution < 1.29 is 14.0 Å². The van der Waals surface area contributed by atoms with Gasteiger partial charge in [0.1, 0.15) is 11.8 Å². The van der Waals surface area contributed by atoms with Crippen LogP contribution in [0.15, 0.2) is 63.0 Å². The summed E-state index contributed by atoms with van der Waals surface area (Å²) in [5.74, 6) is -1.85. The van der Waals surface area contributed by atoms with Crippen LogP contribution in [-0.2, 0) is 9.59 Å². The maximum Gasteiger partial charge on any atom is 0.329 e. The van der Waals surface area contributed by atoms with Gasteiger partial charge in [0.15, 0.2) is 0 Å². The van der Waals surface area contributed by atoms with Crippen molar-refractivity contribution in [1.29, 1.82) is 0 Å². The van der Waals surface area contributed by atoms with Crippen LogP contribution in [0.4, 0.5) is 5.69 Å². The fraction of sp³-hybridized carbons (Fsp3) is 0.0526. The first kappa shape index (κ1) is 18.3. The van der Waals surface area contributed by atoms with Gasteiger partial charge in [0.2, 0.25) is 5.43 Å². The van der Waals surface area contributed by atoms with E-state index >= 15 is 0 Å². The van der Waals surface area contributed by atoms with Gasteiger partial charge in [0.05, 0.1) is 17.2 Å². The van der Waals surface area contributed by atoms with Crippen molar-refractivity contribution in [3.8, 4) is 0 Å². The number of hydrazone groups is 1. The summed E-state index contributed by atoms with van der Waals surface area (Å²) in [6, 6.07) is 11.7. The van der Waals surface area contributed by atoms with E-state index in [2.05, 4.69) is 15.8 Å². The molecule has 136 valence electrons. The zero-order chi connectivity index (χ0) is 19.4. The first-order chi connectivity index (χ1) is 12.9. The minimum atomic E-state index is -0.971.